The van der Waals surface area contributed by atoms with Gasteiger partial charge in [-0.3, -0.25) is 0 Å². The minimum absolute atomic E-state index is 0.116. The fourth-order valence-corrected chi connectivity index (χ4v) is 1.42. The largest absolute Gasteiger partial charge is 0.379 e. The van der Waals surface area contributed by atoms with Crippen LogP contribution in [-0.4, -0.2) is 52.4 Å². The Balaban J connectivity index is 0. The standard InChI is InChI=1S/C15H32O4.C3H6/c1-4-6-8-16-10-11-18-14-15(3)19-13-12-17-9-7-5-2;1-3-2/h15H,4-14H2,1-3H3;3H,1H2,2H3. The highest BCUT2D eigenvalue weighted by Crippen LogP contribution is 1.94. The maximum Gasteiger partial charge on any atom is 0.0781 e. The number of ether oxygens (including phenoxy) is 4. The summed E-state index contributed by atoms with van der Waals surface area (Å²) in [5, 5.41) is 0. The van der Waals surface area contributed by atoms with Crippen LogP contribution in [0.4, 0.5) is 0 Å². The smallest absolute Gasteiger partial charge is 0.0781 e. The van der Waals surface area contributed by atoms with E-state index in [1.165, 1.54) is 12.8 Å². The van der Waals surface area contributed by atoms with Crippen molar-refractivity contribution in [3.05, 3.63) is 12.7 Å². The van der Waals surface area contributed by atoms with Crippen LogP contribution < -0.4 is 0 Å². The first kappa shape index (κ1) is 23.8. The molecule has 0 heterocycles. The highest BCUT2D eigenvalue weighted by atomic mass is 16.6. The summed E-state index contributed by atoms with van der Waals surface area (Å²) >= 11 is 0. The Hall–Kier alpha value is -0.420. The van der Waals surface area contributed by atoms with Gasteiger partial charge in [-0.2, -0.15) is 0 Å². The van der Waals surface area contributed by atoms with Crippen molar-refractivity contribution in [3.63, 3.8) is 0 Å². The zero-order valence-electron chi connectivity index (χ0n) is 15.3. The fourth-order valence-electron chi connectivity index (χ4n) is 1.42. The van der Waals surface area contributed by atoms with Gasteiger partial charge in [-0.1, -0.05) is 32.8 Å². The Morgan fingerprint density at radius 2 is 1.27 bits per heavy atom. The lowest BCUT2D eigenvalue weighted by Crippen LogP contribution is -2.20. The number of hydrogen-bond acceptors (Lipinski definition) is 4. The molecule has 0 amide bonds. The predicted octanol–water partition coefficient (Wildman–Crippen LogP) is 4.23. The van der Waals surface area contributed by atoms with Crippen molar-refractivity contribution in [3.8, 4) is 0 Å². The number of hydrogen-bond donors (Lipinski definition) is 0. The molecule has 22 heavy (non-hydrogen) atoms. The number of unbranched alkanes of at least 4 members (excludes halogenated alkanes) is 2. The Labute approximate surface area is 138 Å². The molecule has 134 valence electrons. The molecule has 0 radical (unpaired) electrons. The molecular weight excluding hydrogens is 280 g/mol. The van der Waals surface area contributed by atoms with Crippen LogP contribution in [0.1, 0.15) is 53.4 Å². The first-order valence-electron chi connectivity index (χ1n) is 8.64. The zero-order chi connectivity index (χ0) is 16.9. The van der Waals surface area contributed by atoms with Crippen molar-refractivity contribution in [2.45, 2.75) is 59.5 Å². The summed E-state index contributed by atoms with van der Waals surface area (Å²) in [4.78, 5) is 0. The predicted molar refractivity (Wildman–Crippen MR) is 93.6 cm³/mol. The van der Waals surface area contributed by atoms with Crippen LogP contribution in [0.3, 0.4) is 0 Å². The highest BCUT2D eigenvalue weighted by Gasteiger charge is 2.02. The van der Waals surface area contributed by atoms with E-state index in [0.29, 0.717) is 33.0 Å². The van der Waals surface area contributed by atoms with E-state index in [1.807, 2.05) is 13.8 Å². The minimum Gasteiger partial charge on any atom is -0.379 e. The van der Waals surface area contributed by atoms with Crippen LogP contribution in [-0.2, 0) is 18.9 Å². The molecule has 0 bridgehead atoms. The Morgan fingerprint density at radius 1 is 0.818 bits per heavy atom. The molecule has 4 nitrogen and oxygen atoms in total. The number of allylic oxidation sites excluding steroid dienone is 1. The zero-order valence-corrected chi connectivity index (χ0v) is 15.3. The van der Waals surface area contributed by atoms with Gasteiger partial charge in [-0.05, 0) is 26.7 Å². The molecule has 0 aromatic heterocycles. The van der Waals surface area contributed by atoms with Crippen LogP contribution in [0.15, 0.2) is 12.7 Å². The number of rotatable bonds is 15. The van der Waals surface area contributed by atoms with Crippen LogP contribution in [0.25, 0.3) is 0 Å². The van der Waals surface area contributed by atoms with E-state index in [2.05, 4.69) is 20.4 Å². The molecule has 0 aliphatic rings. The first-order valence-corrected chi connectivity index (χ1v) is 8.64. The monoisotopic (exact) mass is 318 g/mol. The quantitative estimate of drug-likeness (QED) is 0.334. The molecule has 0 fully saturated rings. The second-order valence-corrected chi connectivity index (χ2v) is 5.10. The minimum atomic E-state index is 0.116. The Bertz CT molecular complexity index is 198. The summed E-state index contributed by atoms with van der Waals surface area (Å²) in [6, 6.07) is 0. The van der Waals surface area contributed by atoms with E-state index >= 15 is 0 Å². The Morgan fingerprint density at radius 3 is 1.77 bits per heavy atom. The van der Waals surface area contributed by atoms with Gasteiger partial charge in [0.25, 0.3) is 0 Å². The highest BCUT2D eigenvalue weighted by molar-refractivity contribution is 4.51. The fraction of sp³-hybridized carbons (Fsp3) is 0.889. The SMILES string of the molecule is C=CC.CCCCOCCOCC(C)OCCOCCCC. The first-order chi connectivity index (χ1) is 10.7. The van der Waals surface area contributed by atoms with Gasteiger partial charge in [-0.15, -0.1) is 6.58 Å². The molecule has 1 atom stereocenters. The van der Waals surface area contributed by atoms with E-state index in [-0.39, 0.29) is 6.10 Å². The van der Waals surface area contributed by atoms with Gasteiger partial charge >= 0.3 is 0 Å². The molecule has 0 rings (SSSR count). The molecule has 0 aliphatic carbocycles. The molecular formula is C18H38O4. The van der Waals surface area contributed by atoms with E-state index in [4.69, 9.17) is 18.9 Å². The van der Waals surface area contributed by atoms with Crippen LogP contribution in [0.5, 0.6) is 0 Å². The lowest BCUT2D eigenvalue weighted by Gasteiger charge is -2.13. The topological polar surface area (TPSA) is 36.9 Å². The van der Waals surface area contributed by atoms with Gasteiger partial charge in [0.15, 0.2) is 0 Å². The van der Waals surface area contributed by atoms with E-state index in [1.54, 1.807) is 6.08 Å². The summed E-state index contributed by atoms with van der Waals surface area (Å²) in [5.41, 5.74) is 0. The molecule has 0 N–H and O–H groups in total. The van der Waals surface area contributed by atoms with Gasteiger partial charge in [0.1, 0.15) is 0 Å². The van der Waals surface area contributed by atoms with Crippen molar-refractivity contribution >= 4 is 0 Å². The molecule has 1 unspecified atom stereocenters. The third-order valence-electron chi connectivity index (χ3n) is 2.64. The molecule has 0 aromatic carbocycles. The average molecular weight is 318 g/mol. The maximum atomic E-state index is 5.58. The van der Waals surface area contributed by atoms with E-state index in [0.717, 1.165) is 26.1 Å². The molecule has 0 saturated heterocycles. The van der Waals surface area contributed by atoms with E-state index < -0.39 is 0 Å². The molecule has 0 aromatic rings. The lowest BCUT2D eigenvalue weighted by molar-refractivity contribution is -0.0400. The summed E-state index contributed by atoms with van der Waals surface area (Å²) < 4.78 is 21.9. The maximum absolute atomic E-state index is 5.58. The summed E-state index contributed by atoms with van der Waals surface area (Å²) in [7, 11) is 0. The Kier molecular flexibility index (Phi) is 24.8. The van der Waals surface area contributed by atoms with E-state index in [9.17, 15) is 0 Å². The summed E-state index contributed by atoms with van der Waals surface area (Å²) in [5.74, 6) is 0. The van der Waals surface area contributed by atoms with Gasteiger partial charge in [0.2, 0.25) is 0 Å². The van der Waals surface area contributed by atoms with Crippen molar-refractivity contribution in [1.82, 2.24) is 0 Å². The van der Waals surface area contributed by atoms with Crippen molar-refractivity contribution in [2.75, 3.05) is 46.2 Å². The van der Waals surface area contributed by atoms with Crippen LogP contribution >= 0.6 is 0 Å². The average Bonchev–Trinajstić information content (AvgIpc) is 2.50. The van der Waals surface area contributed by atoms with Crippen LogP contribution in [0, 0.1) is 0 Å². The third-order valence-corrected chi connectivity index (χ3v) is 2.64. The second kappa shape index (κ2) is 22.9. The van der Waals surface area contributed by atoms with Gasteiger partial charge < -0.3 is 18.9 Å². The van der Waals surface area contributed by atoms with Crippen molar-refractivity contribution in [1.29, 1.82) is 0 Å². The van der Waals surface area contributed by atoms with Crippen molar-refractivity contribution < 1.29 is 18.9 Å². The molecule has 0 aliphatic heterocycles. The third kappa shape index (κ3) is 24.6. The molecule has 0 saturated carbocycles. The van der Waals surface area contributed by atoms with Crippen molar-refractivity contribution in [2.24, 2.45) is 0 Å². The summed E-state index contributed by atoms with van der Waals surface area (Å²) in [6.45, 7) is 16.5. The lowest BCUT2D eigenvalue weighted by atomic mass is 10.4. The van der Waals surface area contributed by atoms with Gasteiger partial charge in [0, 0.05) is 13.2 Å². The van der Waals surface area contributed by atoms with Gasteiger partial charge in [0.05, 0.1) is 39.1 Å². The normalized spacial score (nSPS) is 11.6. The second-order valence-electron chi connectivity index (χ2n) is 5.10. The van der Waals surface area contributed by atoms with Gasteiger partial charge in [-0.25, -0.2) is 0 Å². The molecule has 4 heteroatoms. The van der Waals surface area contributed by atoms with Crippen LogP contribution in [0.2, 0.25) is 0 Å². The summed E-state index contributed by atoms with van der Waals surface area (Å²) in [6.07, 6.45) is 6.46. The molecule has 0 spiro atoms.